The van der Waals surface area contributed by atoms with Gasteiger partial charge >= 0.3 is 0 Å². The second-order valence-electron chi connectivity index (χ2n) is 4.72. The summed E-state index contributed by atoms with van der Waals surface area (Å²) in [6.45, 7) is 0. The summed E-state index contributed by atoms with van der Waals surface area (Å²) < 4.78 is 14.3. The van der Waals surface area contributed by atoms with Gasteiger partial charge in [-0.3, -0.25) is 0 Å². The molecule has 2 aromatic rings. The number of rotatable bonds is 5. The molecule has 0 fully saturated rings. The van der Waals surface area contributed by atoms with Gasteiger partial charge in [0, 0.05) is 15.5 Å². The minimum absolute atomic E-state index is 0.202. The summed E-state index contributed by atoms with van der Waals surface area (Å²) >= 11 is 9.66. The fourth-order valence-corrected chi connectivity index (χ4v) is 2.79. The molecule has 1 unspecified atom stereocenters. The molecule has 0 saturated carbocycles. The molecule has 0 saturated heterocycles. The van der Waals surface area contributed by atoms with Crippen LogP contribution in [0.25, 0.3) is 0 Å². The molecule has 0 aliphatic rings. The summed E-state index contributed by atoms with van der Waals surface area (Å²) in [4.78, 5) is 0. The topological polar surface area (TPSA) is 12.0 Å². The standard InChI is InChI=1S/C16H16BrClFN/c1-20-14(9-11-4-2-3-5-16(11)18)10-12-8-13(19)6-7-15(12)17/h2-8,14,20H,9-10H2,1H3. The van der Waals surface area contributed by atoms with Crippen molar-refractivity contribution < 1.29 is 4.39 Å². The van der Waals surface area contributed by atoms with Gasteiger partial charge in [-0.15, -0.1) is 0 Å². The number of hydrogen-bond acceptors (Lipinski definition) is 1. The van der Waals surface area contributed by atoms with Crippen molar-refractivity contribution in [2.75, 3.05) is 7.05 Å². The fraction of sp³-hybridized carbons (Fsp3) is 0.250. The Morgan fingerprint density at radius 2 is 1.85 bits per heavy atom. The zero-order valence-corrected chi connectivity index (χ0v) is 13.5. The summed E-state index contributed by atoms with van der Waals surface area (Å²) in [5.41, 5.74) is 2.05. The third-order valence-corrected chi connectivity index (χ3v) is 4.45. The first-order valence-corrected chi connectivity index (χ1v) is 7.62. The lowest BCUT2D eigenvalue weighted by molar-refractivity contribution is 0.552. The molecular weight excluding hydrogens is 341 g/mol. The van der Waals surface area contributed by atoms with Crippen LogP contribution in [-0.2, 0) is 12.8 Å². The summed E-state index contributed by atoms with van der Waals surface area (Å²) in [5.74, 6) is -0.212. The lowest BCUT2D eigenvalue weighted by Gasteiger charge is -2.18. The van der Waals surface area contributed by atoms with Crippen LogP contribution >= 0.6 is 27.5 Å². The van der Waals surface area contributed by atoms with Gasteiger partial charge in [0.15, 0.2) is 0 Å². The highest BCUT2D eigenvalue weighted by Crippen LogP contribution is 2.22. The van der Waals surface area contributed by atoms with Crippen LogP contribution in [-0.4, -0.2) is 13.1 Å². The van der Waals surface area contributed by atoms with Crippen LogP contribution in [0.3, 0.4) is 0 Å². The third-order valence-electron chi connectivity index (χ3n) is 3.31. The maximum absolute atomic E-state index is 13.3. The van der Waals surface area contributed by atoms with Gasteiger partial charge in [-0.25, -0.2) is 4.39 Å². The molecule has 0 aliphatic heterocycles. The highest BCUT2D eigenvalue weighted by Gasteiger charge is 2.12. The molecule has 0 amide bonds. The van der Waals surface area contributed by atoms with Crippen LogP contribution in [0, 0.1) is 5.82 Å². The van der Waals surface area contributed by atoms with Crippen LogP contribution in [0.1, 0.15) is 11.1 Å². The van der Waals surface area contributed by atoms with E-state index < -0.39 is 0 Å². The van der Waals surface area contributed by atoms with Gasteiger partial charge in [-0.1, -0.05) is 45.7 Å². The van der Waals surface area contributed by atoms with Crippen molar-refractivity contribution in [3.8, 4) is 0 Å². The molecule has 0 bridgehead atoms. The highest BCUT2D eigenvalue weighted by molar-refractivity contribution is 9.10. The van der Waals surface area contributed by atoms with Crippen LogP contribution in [0.4, 0.5) is 4.39 Å². The van der Waals surface area contributed by atoms with E-state index in [4.69, 9.17) is 11.6 Å². The lowest BCUT2D eigenvalue weighted by atomic mass is 9.99. The summed E-state index contributed by atoms with van der Waals surface area (Å²) in [6, 6.07) is 12.8. The number of benzene rings is 2. The predicted molar refractivity (Wildman–Crippen MR) is 85.8 cm³/mol. The average Bonchev–Trinajstić information content (AvgIpc) is 2.44. The van der Waals surface area contributed by atoms with E-state index in [9.17, 15) is 4.39 Å². The Bertz CT molecular complexity index is 588. The second-order valence-corrected chi connectivity index (χ2v) is 5.98. The van der Waals surface area contributed by atoms with E-state index in [2.05, 4.69) is 21.2 Å². The molecule has 2 rings (SSSR count). The van der Waals surface area contributed by atoms with Crippen molar-refractivity contribution >= 4 is 27.5 Å². The van der Waals surface area contributed by atoms with E-state index in [0.717, 1.165) is 33.5 Å². The van der Waals surface area contributed by atoms with Gasteiger partial charge in [0.1, 0.15) is 5.82 Å². The SMILES string of the molecule is CNC(Cc1ccccc1Cl)Cc1cc(F)ccc1Br. The molecule has 0 spiro atoms. The first kappa shape index (κ1) is 15.5. The quantitative estimate of drug-likeness (QED) is 0.824. The summed E-state index contributed by atoms with van der Waals surface area (Å²) in [5, 5.41) is 4.04. The Morgan fingerprint density at radius 1 is 1.15 bits per heavy atom. The molecule has 1 N–H and O–H groups in total. The Balaban J connectivity index is 2.13. The van der Waals surface area contributed by atoms with E-state index in [0.29, 0.717) is 0 Å². The van der Waals surface area contributed by atoms with Crippen molar-refractivity contribution in [1.82, 2.24) is 5.32 Å². The number of nitrogens with one attached hydrogen (secondary N) is 1. The zero-order valence-electron chi connectivity index (χ0n) is 11.2. The minimum atomic E-state index is -0.212. The van der Waals surface area contributed by atoms with Gasteiger partial charge in [0.25, 0.3) is 0 Å². The molecule has 1 atom stereocenters. The van der Waals surface area contributed by atoms with E-state index in [1.807, 2.05) is 31.3 Å². The van der Waals surface area contributed by atoms with Gasteiger partial charge in [0.05, 0.1) is 0 Å². The molecule has 106 valence electrons. The zero-order chi connectivity index (χ0) is 14.5. The normalized spacial score (nSPS) is 12.4. The summed E-state index contributed by atoms with van der Waals surface area (Å²) in [7, 11) is 1.91. The van der Waals surface area contributed by atoms with Gasteiger partial charge < -0.3 is 5.32 Å². The van der Waals surface area contributed by atoms with E-state index in [-0.39, 0.29) is 11.9 Å². The number of hydrogen-bond donors (Lipinski definition) is 1. The Morgan fingerprint density at radius 3 is 2.55 bits per heavy atom. The van der Waals surface area contributed by atoms with E-state index >= 15 is 0 Å². The molecule has 2 aromatic carbocycles. The van der Waals surface area contributed by atoms with E-state index in [1.165, 1.54) is 6.07 Å². The van der Waals surface area contributed by atoms with Crippen LogP contribution in [0.2, 0.25) is 5.02 Å². The maximum atomic E-state index is 13.3. The smallest absolute Gasteiger partial charge is 0.123 e. The van der Waals surface area contributed by atoms with Gasteiger partial charge in [-0.2, -0.15) is 0 Å². The van der Waals surface area contributed by atoms with Crippen molar-refractivity contribution in [2.45, 2.75) is 18.9 Å². The van der Waals surface area contributed by atoms with Crippen LogP contribution in [0.5, 0.6) is 0 Å². The molecule has 20 heavy (non-hydrogen) atoms. The van der Waals surface area contributed by atoms with Gasteiger partial charge in [-0.05, 0) is 55.3 Å². The minimum Gasteiger partial charge on any atom is -0.316 e. The fourth-order valence-electron chi connectivity index (χ4n) is 2.17. The van der Waals surface area contributed by atoms with Crippen molar-refractivity contribution in [2.24, 2.45) is 0 Å². The number of halogens is 3. The Hall–Kier alpha value is -0.900. The average molecular weight is 357 g/mol. The highest BCUT2D eigenvalue weighted by atomic mass is 79.9. The Kier molecular flexibility index (Phi) is 5.58. The summed E-state index contributed by atoms with van der Waals surface area (Å²) in [6.07, 6.45) is 1.54. The molecule has 1 nitrogen and oxygen atoms in total. The van der Waals surface area contributed by atoms with Gasteiger partial charge in [0.2, 0.25) is 0 Å². The third kappa shape index (κ3) is 4.05. The molecular formula is C16H16BrClFN. The van der Waals surface area contributed by atoms with Crippen molar-refractivity contribution in [1.29, 1.82) is 0 Å². The first-order chi connectivity index (χ1) is 9.60. The largest absolute Gasteiger partial charge is 0.316 e. The molecule has 4 heteroatoms. The molecule has 0 heterocycles. The molecule has 0 aliphatic carbocycles. The second kappa shape index (κ2) is 7.21. The first-order valence-electron chi connectivity index (χ1n) is 6.44. The monoisotopic (exact) mass is 355 g/mol. The van der Waals surface area contributed by atoms with E-state index in [1.54, 1.807) is 12.1 Å². The Labute approximate surface area is 132 Å². The predicted octanol–water partition coefficient (Wildman–Crippen LogP) is 4.61. The molecule has 0 aromatic heterocycles. The number of likely N-dealkylation sites (N-methyl/N-ethyl adjacent to an activating group) is 1. The maximum Gasteiger partial charge on any atom is 0.123 e. The molecule has 0 radical (unpaired) electrons. The van der Waals surface area contributed by atoms with Crippen LogP contribution in [0.15, 0.2) is 46.9 Å². The van der Waals surface area contributed by atoms with Crippen molar-refractivity contribution in [3.63, 3.8) is 0 Å². The van der Waals surface area contributed by atoms with Crippen LogP contribution < -0.4 is 5.32 Å². The van der Waals surface area contributed by atoms with Crippen molar-refractivity contribution in [3.05, 3.63) is 68.9 Å². The lowest BCUT2D eigenvalue weighted by Crippen LogP contribution is -2.30.